The van der Waals surface area contributed by atoms with Crippen LogP contribution in [0.1, 0.15) is 10.5 Å². The average molecular weight is 360 g/mol. The molecule has 0 atom stereocenters. The fraction of sp³-hybridized carbons (Fsp3) is 0.154. The number of thiazole rings is 1. The van der Waals surface area contributed by atoms with E-state index in [1.165, 1.54) is 11.3 Å². The van der Waals surface area contributed by atoms with E-state index in [1.54, 1.807) is 23.7 Å². The van der Waals surface area contributed by atoms with Crippen molar-refractivity contribution >= 4 is 46.5 Å². The lowest BCUT2D eigenvalue weighted by atomic mass is 10.1. The number of hydrogen-bond donors (Lipinski definition) is 3. The molecule has 9 heteroatoms. The second-order valence-electron chi connectivity index (χ2n) is 4.18. The van der Waals surface area contributed by atoms with Gasteiger partial charge in [-0.3, -0.25) is 4.79 Å². The van der Waals surface area contributed by atoms with Gasteiger partial charge in [-0.2, -0.15) is 0 Å². The Bertz CT molecular complexity index is 685. The molecule has 22 heavy (non-hydrogen) atoms. The van der Waals surface area contributed by atoms with Crippen molar-refractivity contribution in [3.8, 4) is 10.4 Å². The van der Waals surface area contributed by atoms with Crippen LogP contribution >= 0.6 is 34.5 Å². The summed E-state index contributed by atoms with van der Waals surface area (Å²) in [7, 11) is 0. The van der Waals surface area contributed by atoms with Gasteiger partial charge in [0.05, 0.1) is 10.4 Å². The zero-order chi connectivity index (χ0) is 16.1. The molecular formula is C13H11Cl2N3O3S. The molecule has 116 valence electrons. The van der Waals surface area contributed by atoms with Gasteiger partial charge in [0.1, 0.15) is 5.69 Å². The van der Waals surface area contributed by atoms with Crippen LogP contribution in [-0.2, 0) is 0 Å². The molecule has 6 nitrogen and oxygen atoms in total. The maximum Gasteiger partial charge on any atom is 0.404 e. The number of carbonyl (C=O) groups excluding carboxylic acids is 1. The van der Waals surface area contributed by atoms with E-state index in [0.29, 0.717) is 20.5 Å². The third-order valence-corrected chi connectivity index (χ3v) is 3.91. The van der Waals surface area contributed by atoms with Crippen LogP contribution in [0.4, 0.5) is 4.79 Å². The molecule has 2 aromatic rings. The Morgan fingerprint density at radius 3 is 2.41 bits per heavy atom. The van der Waals surface area contributed by atoms with Gasteiger partial charge in [0.2, 0.25) is 0 Å². The number of carbonyl (C=O) groups is 2. The summed E-state index contributed by atoms with van der Waals surface area (Å²) >= 11 is 13.2. The molecule has 0 saturated heterocycles. The van der Waals surface area contributed by atoms with Crippen LogP contribution < -0.4 is 10.6 Å². The van der Waals surface area contributed by atoms with Crippen LogP contribution in [0.25, 0.3) is 10.4 Å². The van der Waals surface area contributed by atoms with Gasteiger partial charge < -0.3 is 15.7 Å². The first-order valence-corrected chi connectivity index (χ1v) is 7.76. The van der Waals surface area contributed by atoms with Crippen LogP contribution in [-0.4, -0.2) is 35.2 Å². The molecule has 0 fully saturated rings. The van der Waals surface area contributed by atoms with Gasteiger partial charge in [0, 0.05) is 23.1 Å². The summed E-state index contributed by atoms with van der Waals surface area (Å²) in [5, 5.41) is 14.1. The highest BCUT2D eigenvalue weighted by atomic mass is 35.5. The quantitative estimate of drug-likeness (QED) is 0.715. The van der Waals surface area contributed by atoms with Gasteiger partial charge in [0.25, 0.3) is 5.91 Å². The molecule has 2 amide bonds. The van der Waals surface area contributed by atoms with Gasteiger partial charge in [-0.25, -0.2) is 9.78 Å². The van der Waals surface area contributed by atoms with Crippen molar-refractivity contribution in [2.24, 2.45) is 0 Å². The Kier molecular flexibility index (Phi) is 5.59. The molecule has 0 aliphatic heterocycles. The first-order chi connectivity index (χ1) is 10.5. The van der Waals surface area contributed by atoms with Crippen LogP contribution in [0.2, 0.25) is 10.0 Å². The first kappa shape index (κ1) is 16.5. The zero-order valence-electron chi connectivity index (χ0n) is 11.1. The molecule has 2 rings (SSSR count). The number of nitrogens with zero attached hydrogens (tertiary/aromatic N) is 1. The minimum absolute atomic E-state index is 0.115. The fourth-order valence-corrected chi connectivity index (χ4v) is 3.03. The number of amides is 2. The standard InChI is InChI=1S/C13H11Cl2N3O3S/c14-8-3-7(4-9(15)5-8)11-10(18-6-22-11)12(19)16-1-2-17-13(20)21/h3-6,17H,1-2H2,(H,16,19)(H,20,21). The first-order valence-electron chi connectivity index (χ1n) is 6.12. The molecule has 0 spiro atoms. The van der Waals surface area contributed by atoms with Gasteiger partial charge >= 0.3 is 6.09 Å². The summed E-state index contributed by atoms with van der Waals surface area (Å²) in [5.41, 5.74) is 2.50. The number of aromatic nitrogens is 1. The van der Waals surface area contributed by atoms with Crippen molar-refractivity contribution in [3.05, 3.63) is 39.4 Å². The molecule has 0 saturated carbocycles. The Balaban J connectivity index is 2.11. The van der Waals surface area contributed by atoms with Gasteiger partial charge in [-0.05, 0) is 23.8 Å². The summed E-state index contributed by atoms with van der Waals surface area (Å²) < 4.78 is 0. The second-order valence-corrected chi connectivity index (χ2v) is 5.90. The van der Waals surface area contributed by atoms with Crippen molar-refractivity contribution in [1.29, 1.82) is 0 Å². The summed E-state index contributed by atoms with van der Waals surface area (Å²) in [6.45, 7) is 0.280. The minimum Gasteiger partial charge on any atom is -0.465 e. The lowest BCUT2D eigenvalue weighted by Crippen LogP contribution is -2.34. The molecule has 3 N–H and O–H groups in total. The van der Waals surface area contributed by atoms with Crippen molar-refractivity contribution in [2.75, 3.05) is 13.1 Å². The molecule has 0 unspecified atom stereocenters. The van der Waals surface area contributed by atoms with E-state index >= 15 is 0 Å². The highest BCUT2D eigenvalue weighted by Gasteiger charge is 2.16. The van der Waals surface area contributed by atoms with Crippen LogP contribution in [0.15, 0.2) is 23.7 Å². The van der Waals surface area contributed by atoms with Gasteiger partial charge in [0.15, 0.2) is 0 Å². The average Bonchev–Trinajstić information content (AvgIpc) is 2.91. The largest absolute Gasteiger partial charge is 0.465 e. The second kappa shape index (κ2) is 7.44. The SMILES string of the molecule is O=C(O)NCCNC(=O)c1ncsc1-c1cc(Cl)cc(Cl)c1. The smallest absolute Gasteiger partial charge is 0.404 e. The Hall–Kier alpha value is -1.83. The van der Waals surface area contributed by atoms with E-state index in [4.69, 9.17) is 28.3 Å². The van der Waals surface area contributed by atoms with E-state index in [-0.39, 0.29) is 24.7 Å². The topological polar surface area (TPSA) is 91.3 Å². The van der Waals surface area contributed by atoms with Crippen LogP contribution in [0.5, 0.6) is 0 Å². The van der Waals surface area contributed by atoms with E-state index in [9.17, 15) is 9.59 Å². The number of benzene rings is 1. The van der Waals surface area contributed by atoms with Gasteiger partial charge in [-0.15, -0.1) is 11.3 Å². The van der Waals surface area contributed by atoms with E-state index in [2.05, 4.69) is 15.6 Å². The monoisotopic (exact) mass is 359 g/mol. The summed E-state index contributed by atoms with van der Waals surface area (Å²) in [5.74, 6) is -0.389. The maximum atomic E-state index is 12.1. The molecular weight excluding hydrogens is 349 g/mol. The van der Waals surface area contributed by atoms with E-state index in [0.717, 1.165) is 0 Å². The minimum atomic E-state index is -1.14. The Morgan fingerprint density at radius 2 is 1.77 bits per heavy atom. The predicted molar refractivity (Wildman–Crippen MR) is 85.9 cm³/mol. The highest BCUT2D eigenvalue weighted by molar-refractivity contribution is 7.13. The van der Waals surface area contributed by atoms with Gasteiger partial charge in [-0.1, -0.05) is 23.2 Å². The number of hydrogen-bond acceptors (Lipinski definition) is 4. The van der Waals surface area contributed by atoms with Crippen LogP contribution in [0.3, 0.4) is 0 Å². The van der Waals surface area contributed by atoms with Crippen molar-refractivity contribution in [1.82, 2.24) is 15.6 Å². The third kappa shape index (κ3) is 4.33. The number of carboxylic acid groups (broad SMARTS) is 1. The number of rotatable bonds is 5. The van der Waals surface area contributed by atoms with Crippen LogP contribution in [0, 0.1) is 0 Å². The molecule has 1 aromatic carbocycles. The zero-order valence-corrected chi connectivity index (χ0v) is 13.4. The van der Waals surface area contributed by atoms with Crippen molar-refractivity contribution in [2.45, 2.75) is 0 Å². The lowest BCUT2D eigenvalue weighted by molar-refractivity contribution is 0.0949. The Morgan fingerprint density at radius 1 is 1.14 bits per heavy atom. The van der Waals surface area contributed by atoms with Crippen molar-refractivity contribution < 1.29 is 14.7 Å². The molecule has 1 heterocycles. The molecule has 0 aliphatic rings. The molecule has 1 aromatic heterocycles. The summed E-state index contributed by atoms with van der Waals surface area (Å²) in [6.07, 6.45) is -1.14. The fourth-order valence-electron chi connectivity index (χ4n) is 1.73. The maximum absolute atomic E-state index is 12.1. The van der Waals surface area contributed by atoms with E-state index < -0.39 is 6.09 Å². The molecule has 0 radical (unpaired) electrons. The molecule has 0 aliphatic carbocycles. The number of halogens is 2. The lowest BCUT2D eigenvalue weighted by Gasteiger charge is -2.06. The predicted octanol–water partition coefficient (Wildman–Crippen LogP) is 3.11. The normalized spacial score (nSPS) is 10.3. The van der Waals surface area contributed by atoms with E-state index in [1.807, 2.05) is 0 Å². The summed E-state index contributed by atoms with van der Waals surface area (Å²) in [4.78, 5) is 27.1. The summed E-state index contributed by atoms with van der Waals surface area (Å²) in [6, 6.07) is 5.00. The molecule has 0 bridgehead atoms. The number of nitrogens with one attached hydrogen (secondary N) is 2. The Labute approximate surface area is 140 Å². The third-order valence-electron chi connectivity index (χ3n) is 2.59. The highest BCUT2D eigenvalue weighted by Crippen LogP contribution is 2.32. The van der Waals surface area contributed by atoms with Crippen molar-refractivity contribution in [3.63, 3.8) is 0 Å².